The molecule has 0 aromatic carbocycles. The van der Waals surface area contributed by atoms with Crippen LogP contribution in [-0.4, -0.2) is 44.1 Å². The highest BCUT2D eigenvalue weighted by atomic mass is 16.7. The van der Waals surface area contributed by atoms with Gasteiger partial charge in [0, 0.05) is 19.0 Å². The molecule has 5 heteroatoms. The summed E-state index contributed by atoms with van der Waals surface area (Å²) in [6.07, 6.45) is 0.835. The molecule has 0 saturated carbocycles. The van der Waals surface area contributed by atoms with Crippen LogP contribution in [0.4, 0.5) is 0 Å². The van der Waals surface area contributed by atoms with E-state index in [9.17, 15) is 0 Å². The van der Waals surface area contributed by atoms with E-state index in [0.29, 0.717) is 19.3 Å². The zero-order chi connectivity index (χ0) is 10.7. The Kier molecular flexibility index (Phi) is 3.11. The predicted molar refractivity (Wildman–Crippen MR) is 57.8 cm³/mol. The predicted octanol–water partition coefficient (Wildman–Crippen LogP) is 0.0768. The summed E-state index contributed by atoms with van der Waals surface area (Å²) in [5, 5.41) is 6.49. The number of ether oxygens (including phenoxy) is 2. The van der Waals surface area contributed by atoms with E-state index in [2.05, 4.69) is 22.5 Å². The molecule has 2 aliphatic heterocycles. The molecular weight excluding hydrogens is 194 g/mol. The summed E-state index contributed by atoms with van der Waals surface area (Å²) in [4.78, 5) is 4.32. The Morgan fingerprint density at radius 2 is 2.27 bits per heavy atom. The lowest BCUT2D eigenvalue weighted by Gasteiger charge is -2.22. The van der Waals surface area contributed by atoms with E-state index < -0.39 is 5.79 Å². The average molecular weight is 213 g/mol. The molecule has 1 atom stereocenters. The molecule has 1 unspecified atom stereocenters. The van der Waals surface area contributed by atoms with Gasteiger partial charge in [0.05, 0.1) is 19.8 Å². The van der Waals surface area contributed by atoms with Gasteiger partial charge < -0.3 is 20.1 Å². The van der Waals surface area contributed by atoms with Gasteiger partial charge in [-0.2, -0.15) is 0 Å². The van der Waals surface area contributed by atoms with Crippen LogP contribution in [0, 0.1) is 0 Å². The second kappa shape index (κ2) is 4.37. The van der Waals surface area contributed by atoms with Crippen molar-refractivity contribution in [2.24, 2.45) is 4.99 Å². The molecule has 0 bridgehead atoms. The largest absolute Gasteiger partial charge is 0.356 e. The number of hydrogen-bond donors (Lipinski definition) is 2. The third-order valence-corrected chi connectivity index (χ3v) is 2.68. The van der Waals surface area contributed by atoms with Gasteiger partial charge in [0.1, 0.15) is 0 Å². The Morgan fingerprint density at radius 3 is 2.87 bits per heavy atom. The topological polar surface area (TPSA) is 54.9 Å². The van der Waals surface area contributed by atoms with Crippen LogP contribution in [0.5, 0.6) is 0 Å². The molecule has 0 aromatic heterocycles. The highest BCUT2D eigenvalue weighted by Gasteiger charge is 2.30. The van der Waals surface area contributed by atoms with Gasteiger partial charge >= 0.3 is 0 Å². The average Bonchev–Trinajstić information content (AvgIpc) is 2.76. The molecule has 0 radical (unpaired) electrons. The van der Waals surface area contributed by atoms with Crippen LogP contribution in [0.2, 0.25) is 0 Å². The highest BCUT2D eigenvalue weighted by Crippen LogP contribution is 2.21. The third-order valence-electron chi connectivity index (χ3n) is 2.68. The fraction of sp³-hybridized carbons (Fsp3) is 0.900. The second-order valence-electron chi connectivity index (χ2n) is 4.24. The van der Waals surface area contributed by atoms with Crippen LogP contribution < -0.4 is 10.6 Å². The van der Waals surface area contributed by atoms with Crippen LogP contribution in [-0.2, 0) is 9.47 Å². The van der Waals surface area contributed by atoms with Gasteiger partial charge in [-0.1, -0.05) is 0 Å². The summed E-state index contributed by atoms with van der Waals surface area (Å²) in [6, 6.07) is 0.446. The Hall–Kier alpha value is -0.810. The van der Waals surface area contributed by atoms with Gasteiger partial charge in [0.25, 0.3) is 0 Å². The first kappa shape index (κ1) is 10.7. The molecule has 86 valence electrons. The van der Waals surface area contributed by atoms with Gasteiger partial charge in [-0.05, 0) is 13.8 Å². The minimum atomic E-state index is -0.405. The van der Waals surface area contributed by atoms with Crippen molar-refractivity contribution in [1.29, 1.82) is 0 Å². The monoisotopic (exact) mass is 213 g/mol. The van der Waals surface area contributed by atoms with Crippen LogP contribution in [0.25, 0.3) is 0 Å². The van der Waals surface area contributed by atoms with E-state index in [-0.39, 0.29) is 0 Å². The van der Waals surface area contributed by atoms with Crippen molar-refractivity contribution in [3.8, 4) is 0 Å². The molecule has 5 nitrogen and oxygen atoms in total. The molecular formula is C10H19N3O2. The molecule has 1 saturated heterocycles. The molecule has 2 aliphatic rings. The fourth-order valence-corrected chi connectivity index (χ4v) is 1.77. The van der Waals surface area contributed by atoms with E-state index in [0.717, 1.165) is 25.5 Å². The number of rotatable bonds is 3. The lowest BCUT2D eigenvalue weighted by atomic mass is 10.2. The van der Waals surface area contributed by atoms with E-state index >= 15 is 0 Å². The van der Waals surface area contributed by atoms with Gasteiger partial charge in [0.2, 0.25) is 0 Å². The number of hydrogen-bond acceptors (Lipinski definition) is 5. The number of nitrogens with one attached hydrogen (secondary N) is 2. The molecule has 0 spiro atoms. The Morgan fingerprint density at radius 1 is 1.53 bits per heavy atom. The summed E-state index contributed by atoms with van der Waals surface area (Å²) in [7, 11) is 0. The molecule has 2 heterocycles. The third kappa shape index (κ3) is 2.82. The Bertz CT molecular complexity index is 249. The van der Waals surface area contributed by atoms with Crippen molar-refractivity contribution in [1.82, 2.24) is 10.6 Å². The minimum absolute atomic E-state index is 0.405. The molecule has 15 heavy (non-hydrogen) atoms. The molecule has 2 rings (SSSR count). The first-order valence-electron chi connectivity index (χ1n) is 5.51. The molecule has 0 amide bonds. The maximum Gasteiger partial charge on any atom is 0.191 e. The summed E-state index contributed by atoms with van der Waals surface area (Å²) in [6.45, 7) is 7.16. The zero-order valence-electron chi connectivity index (χ0n) is 9.38. The van der Waals surface area contributed by atoms with Gasteiger partial charge in [0.15, 0.2) is 11.7 Å². The van der Waals surface area contributed by atoms with Crippen molar-refractivity contribution in [3.63, 3.8) is 0 Å². The maximum absolute atomic E-state index is 5.50. The van der Waals surface area contributed by atoms with Crippen molar-refractivity contribution < 1.29 is 9.47 Å². The summed E-state index contributed by atoms with van der Waals surface area (Å²) in [5.74, 6) is 0.488. The molecule has 1 fully saturated rings. The van der Waals surface area contributed by atoms with Gasteiger partial charge in [-0.3, -0.25) is 4.99 Å². The molecule has 0 aliphatic carbocycles. The Balaban J connectivity index is 1.66. The second-order valence-corrected chi connectivity index (χ2v) is 4.24. The number of nitrogens with zero attached hydrogens (tertiary/aromatic N) is 1. The summed E-state index contributed by atoms with van der Waals surface area (Å²) < 4.78 is 11.0. The first-order chi connectivity index (χ1) is 7.18. The van der Waals surface area contributed by atoms with Crippen LogP contribution in [0.3, 0.4) is 0 Å². The number of aliphatic imine (C=N–C) groups is 1. The van der Waals surface area contributed by atoms with Crippen molar-refractivity contribution in [2.45, 2.75) is 32.1 Å². The fourth-order valence-electron chi connectivity index (χ4n) is 1.77. The molecule has 0 aromatic rings. The van der Waals surface area contributed by atoms with E-state index in [1.165, 1.54) is 0 Å². The van der Waals surface area contributed by atoms with Gasteiger partial charge in [-0.25, -0.2) is 0 Å². The highest BCUT2D eigenvalue weighted by molar-refractivity contribution is 5.81. The van der Waals surface area contributed by atoms with E-state index in [4.69, 9.17) is 9.47 Å². The van der Waals surface area contributed by atoms with Crippen molar-refractivity contribution in [2.75, 3.05) is 26.3 Å². The van der Waals surface area contributed by atoms with E-state index in [1.807, 2.05) is 6.92 Å². The zero-order valence-corrected chi connectivity index (χ0v) is 9.38. The van der Waals surface area contributed by atoms with Gasteiger partial charge in [-0.15, -0.1) is 0 Å². The standard InChI is InChI=1S/C10H19N3O2/c1-8-7-12-9(13-8)11-4-3-10(2)14-5-6-15-10/h8H,3-7H2,1-2H3,(H2,11,12,13). The SMILES string of the molecule is CC1CN=C(NCCC2(C)OCCO2)N1. The van der Waals surface area contributed by atoms with Crippen LogP contribution >= 0.6 is 0 Å². The van der Waals surface area contributed by atoms with Crippen LogP contribution in [0.1, 0.15) is 20.3 Å². The normalized spacial score (nSPS) is 28.7. The smallest absolute Gasteiger partial charge is 0.191 e. The minimum Gasteiger partial charge on any atom is -0.356 e. The van der Waals surface area contributed by atoms with Crippen molar-refractivity contribution >= 4 is 5.96 Å². The van der Waals surface area contributed by atoms with Crippen LogP contribution in [0.15, 0.2) is 4.99 Å². The summed E-state index contributed by atoms with van der Waals surface area (Å²) in [5.41, 5.74) is 0. The Labute approximate surface area is 90.2 Å². The lowest BCUT2D eigenvalue weighted by molar-refractivity contribution is -0.145. The molecule has 2 N–H and O–H groups in total. The quantitative estimate of drug-likeness (QED) is 0.697. The van der Waals surface area contributed by atoms with E-state index in [1.54, 1.807) is 0 Å². The lowest BCUT2D eigenvalue weighted by Crippen LogP contribution is -2.40. The number of guanidine groups is 1. The first-order valence-corrected chi connectivity index (χ1v) is 5.51. The van der Waals surface area contributed by atoms with Crippen molar-refractivity contribution in [3.05, 3.63) is 0 Å². The maximum atomic E-state index is 5.50. The summed E-state index contributed by atoms with van der Waals surface area (Å²) >= 11 is 0.